The lowest BCUT2D eigenvalue weighted by Gasteiger charge is -2.18. The zero-order chi connectivity index (χ0) is 48.6. The van der Waals surface area contributed by atoms with Crippen molar-refractivity contribution >= 4 is 17.9 Å². The zero-order valence-corrected chi connectivity index (χ0v) is 44.7. The van der Waals surface area contributed by atoms with Gasteiger partial charge in [-0.2, -0.15) is 0 Å². The maximum absolute atomic E-state index is 12.8. The molecule has 0 saturated heterocycles. The number of carbonyl (C=O) groups is 3. The monoisotopic (exact) mass is 939 g/mol. The van der Waals surface area contributed by atoms with E-state index in [0.717, 1.165) is 83.5 Å². The number of hydrogen-bond donors (Lipinski definition) is 0. The number of carbonyl (C=O) groups excluding carboxylic acids is 3. The number of ether oxygens (including phenoxy) is 3. The van der Waals surface area contributed by atoms with Crippen LogP contribution in [0.2, 0.25) is 0 Å². The topological polar surface area (TPSA) is 78.9 Å². The number of allylic oxidation sites excluding steroid dienone is 8. The normalized spacial score (nSPS) is 12.3. The Bertz CT molecular complexity index is 1170. The number of unbranched alkanes of at least 4 members (excludes halogenated alkanes) is 34. The summed E-state index contributed by atoms with van der Waals surface area (Å²) in [6.07, 6.45) is 68.1. The first kappa shape index (κ1) is 64.4. The quantitative estimate of drug-likeness (QED) is 0.0262. The van der Waals surface area contributed by atoms with E-state index < -0.39 is 6.10 Å². The minimum Gasteiger partial charge on any atom is -0.462 e. The van der Waals surface area contributed by atoms with Crippen LogP contribution in [0.25, 0.3) is 0 Å². The molecule has 0 bridgehead atoms. The van der Waals surface area contributed by atoms with Gasteiger partial charge in [0.05, 0.1) is 0 Å². The molecular formula is C61H110O6. The highest BCUT2D eigenvalue weighted by atomic mass is 16.6. The van der Waals surface area contributed by atoms with Gasteiger partial charge < -0.3 is 14.2 Å². The second-order valence-electron chi connectivity index (χ2n) is 19.5. The Balaban J connectivity index is 4.37. The van der Waals surface area contributed by atoms with E-state index in [1.807, 2.05) is 0 Å². The van der Waals surface area contributed by atoms with E-state index in [4.69, 9.17) is 14.2 Å². The van der Waals surface area contributed by atoms with Crippen LogP contribution >= 0.6 is 0 Å². The van der Waals surface area contributed by atoms with E-state index in [0.29, 0.717) is 19.3 Å². The first-order chi connectivity index (χ1) is 33.0. The van der Waals surface area contributed by atoms with Gasteiger partial charge in [-0.25, -0.2) is 0 Å². The standard InChI is InChI=1S/C61H110O6/c1-4-7-10-13-16-19-22-25-28-29-30-31-34-36-39-42-45-48-51-54-60(63)66-57-58(67-61(64)55-52-49-46-43-40-37-33-27-24-21-18-15-12-9-6-3)56-65-59(62)53-50-47-44-41-38-35-32-26-23-20-17-14-11-8-5-2/h16,19,25-28,32-33,58H,4-15,17-18,20-24,29-31,34-57H2,1-3H3/b19-16-,28-25-,32-26-,33-27-. The molecule has 0 radical (unpaired) electrons. The predicted octanol–water partition coefficient (Wildman–Crippen LogP) is 19.4. The Morgan fingerprint density at radius 2 is 0.537 bits per heavy atom. The van der Waals surface area contributed by atoms with Crippen molar-refractivity contribution in [1.29, 1.82) is 0 Å². The lowest BCUT2D eigenvalue weighted by Crippen LogP contribution is -2.30. The Morgan fingerprint density at radius 1 is 0.299 bits per heavy atom. The fourth-order valence-corrected chi connectivity index (χ4v) is 8.35. The van der Waals surface area contributed by atoms with E-state index in [1.165, 1.54) is 180 Å². The summed E-state index contributed by atoms with van der Waals surface area (Å²) in [5, 5.41) is 0. The molecule has 0 fully saturated rings. The summed E-state index contributed by atoms with van der Waals surface area (Å²) >= 11 is 0. The molecule has 0 aliphatic rings. The van der Waals surface area contributed by atoms with Gasteiger partial charge in [0.2, 0.25) is 0 Å². The molecule has 0 saturated carbocycles. The lowest BCUT2D eigenvalue weighted by molar-refractivity contribution is -0.167. The average molecular weight is 940 g/mol. The summed E-state index contributed by atoms with van der Waals surface area (Å²) in [4.78, 5) is 38.2. The molecule has 0 aromatic heterocycles. The van der Waals surface area contributed by atoms with E-state index in [1.54, 1.807) is 0 Å². The highest BCUT2D eigenvalue weighted by Gasteiger charge is 2.19. The second kappa shape index (κ2) is 56.0. The van der Waals surface area contributed by atoms with Gasteiger partial charge in [0.25, 0.3) is 0 Å². The summed E-state index contributed by atoms with van der Waals surface area (Å²) in [6.45, 7) is 6.62. The van der Waals surface area contributed by atoms with E-state index >= 15 is 0 Å². The van der Waals surface area contributed by atoms with Crippen molar-refractivity contribution in [3.63, 3.8) is 0 Å². The van der Waals surface area contributed by atoms with Gasteiger partial charge in [-0.1, -0.05) is 230 Å². The second-order valence-corrected chi connectivity index (χ2v) is 19.5. The average Bonchev–Trinajstić information content (AvgIpc) is 3.33. The van der Waals surface area contributed by atoms with Crippen LogP contribution < -0.4 is 0 Å². The zero-order valence-electron chi connectivity index (χ0n) is 44.7. The molecule has 0 aliphatic heterocycles. The molecule has 6 heteroatoms. The van der Waals surface area contributed by atoms with E-state index in [2.05, 4.69) is 69.4 Å². The summed E-state index contributed by atoms with van der Waals surface area (Å²) in [6, 6.07) is 0. The third-order valence-electron chi connectivity index (χ3n) is 12.8. The molecule has 0 amide bonds. The molecule has 67 heavy (non-hydrogen) atoms. The molecular weight excluding hydrogens is 829 g/mol. The lowest BCUT2D eigenvalue weighted by atomic mass is 10.1. The summed E-state index contributed by atoms with van der Waals surface area (Å²) in [5.74, 6) is -0.887. The van der Waals surface area contributed by atoms with Crippen molar-refractivity contribution in [3.05, 3.63) is 48.6 Å². The Kier molecular flexibility index (Phi) is 53.8. The van der Waals surface area contributed by atoms with Crippen molar-refractivity contribution in [1.82, 2.24) is 0 Å². The number of hydrogen-bond acceptors (Lipinski definition) is 6. The molecule has 1 atom stereocenters. The molecule has 0 spiro atoms. The third-order valence-corrected chi connectivity index (χ3v) is 12.8. The van der Waals surface area contributed by atoms with Gasteiger partial charge in [-0.05, 0) is 103 Å². The smallest absolute Gasteiger partial charge is 0.306 e. The molecule has 0 N–H and O–H groups in total. The van der Waals surface area contributed by atoms with Crippen molar-refractivity contribution < 1.29 is 28.6 Å². The van der Waals surface area contributed by atoms with Gasteiger partial charge in [-0.15, -0.1) is 0 Å². The van der Waals surface area contributed by atoms with Gasteiger partial charge in [-0.3, -0.25) is 14.4 Å². The van der Waals surface area contributed by atoms with Crippen LogP contribution in [0.15, 0.2) is 48.6 Å². The van der Waals surface area contributed by atoms with Crippen molar-refractivity contribution in [3.8, 4) is 0 Å². The minimum absolute atomic E-state index is 0.0798. The Morgan fingerprint density at radius 3 is 0.866 bits per heavy atom. The van der Waals surface area contributed by atoms with Gasteiger partial charge in [0, 0.05) is 19.3 Å². The summed E-state index contributed by atoms with van der Waals surface area (Å²) in [5.41, 5.74) is 0. The number of esters is 3. The largest absolute Gasteiger partial charge is 0.462 e. The van der Waals surface area contributed by atoms with Crippen LogP contribution in [0, 0.1) is 0 Å². The number of rotatable bonds is 53. The van der Waals surface area contributed by atoms with Crippen LogP contribution in [-0.4, -0.2) is 37.2 Å². The molecule has 0 heterocycles. The van der Waals surface area contributed by atoms with Crippen molar-refractivity contribution in [2.75, 3.05) is 13.2 Å². The van der Waals surface area contributed by atoms with E-state index in [-0.39, 0.29) is 31.1 Å². The van der Waals surface area contributed by atoms with Crippen LogP contribution in [0.5, 0.6) is 0 Å². The maximum Gasteiger partial charge on any atom is 0.306 e. The molecule has 0 aromatic rings. The molecule has 390 valence electrons. The van der Waals surface area contributed by atoms with Gasteiger partial charge in [0.1, 0.15) is 13.2 Å². The van der Waals surface area contributed by atoms with E-state index in [9.17, 15) is 14.4 Å². The van der Waals surface area contributed by atoms with Crippen LogP contribution in [0.4, 0.5) is 0 Å². The van der Waals surface area contributed by atoms with Crippen LogP contribution in [0.1, 0.15) is 303 Å². The third kappa shape index (κ3) is 54.2. The van der Waals surface area contributed by atoms with Crippen LogP contribution in [0.3, 0.4) is 0 Å². The van der Waals surface area contributed by atoms with Gasteiger partial charge >= 0.3 is 17.9 Å². The highest BCUT2D eigenvalue weighted by Crippen LogP contribution is 2.15. The molecule has 1 unspecified atom stereocenters. The minimum atomic E-state index is -0.782. The highest BCUT2D eigenvalue weighted by molar-refractivity contribution is 5.71. The molecule has 0 aliphatic carbocycles. The Labute approximate surface area is 416 Å². The molecule has 0 rings (SSSR count). The molecule has 0 aromatic carbocycles. The van der Waals surface area contributed by atoms with Gasteiger partial charge in [0.15, 0.2) is 6.10 Å². The predicted molar refractivity (Wildman–Crippen MR) is 289 cm³/mol. The first-order valence-corrected chi connectivity index (χ1v) is 29.1. The van der Waals surface area contributed by atoms with Crippen molar-refractivity contribution in [2.45, 2.75) is 309 Å². The SMILES string of the molecule is CCCCC/C=C\C/C=C\CCCCCCCCCCCC(=O)OCC(COC(=O)CCCCCCC/C=C\CCCCCCCC)OC(=O)CCCCCCC/C=C\CCCCCCCC. The van der Waals surface area contributed by atoms with Crippen molar-refractivity contribution in [2.24, 2.45) is 0 Å². The Hall–Kier alpha value is -2.63. The fourth-order valence-electron chi connectivity index (χ4n) is 8.35. The molecule has 6 nitrogen and oxygen atoms in total. The maximum atomic E-state index is 12.8. The first-order valence-electron chi connectivity index (χ1n) is 29.1. The summed E-state index contributed by atoms with van der Waals surface area (Å²) in [7, 11) is 0. The fraction of sp³-hybridized carbons (Fsp3) is 0.820. The summed E-state index contributed by atoms with van der Waals surface area (Å²) < 4.78 is 16.9. The van der Waals surface area contributed by atoms with Crippen LogP contribution in [-0.2, 0) is 28.6 Å².